The van der Waals surface area contributed by atoms with Crippen molar-refractivity contribution in [2.45, 2.75) is 13.8 Å². The number of carbonyl (C=O) groups is 1. The Kier molecular flexibility index (Phi) is 6.46. The largest absolute Gasteiger partial charge is 0.494 e. The van der Waals surface area contributed by atoms with E-state index in [1.165, 1.54) is 6.08 Å². The van der Waals surface area contributed by atoms with E-state index in [9.17, 15) is 4.79 Å². The normalized spacial score (nSPS) is 10.8. The zero-order valence-electron chi connectivity index (χ0n) is 16.0. The van der Waals surface area contributed by atoms with Crippen LogP contribution in [0.4, 0.5) is 5.69 Å². The van der Waals surface area contributed by atoms with Gasteiger partial charge in [-0.25, -0.2) is 4.68 Å². The summed E-state index contributed by atoms with van der Waals surface area (Å²) in [6.45, 7) is 4.86. The van der Waals surface area contributed by atoms with E-state index < -0.39 is 0 Å². The van der Waals surface area contributed by atoms with E-state index in [1.54, 1.807) is 29.1 Å². The van der Waals surface area contributed by atoms with Gasteiger partial charge in [-0.2, -0.15) is 5.10 Å². The predicted octanol–water partition coefficient (Wildman–Crippen LogP) is 4.32. The number of aromatic nitrogens is 2. The molecule has 0 saturated heterocycles. The third-order valence-electron chi connectivity index (χ3n) is 3.87. The molecule has 1 heterocycles. The Balaban J connectivity index is 1.70. The molecule has 0 saturated carbocycles. The van der Waals surface area contributed by atoms with E-state index in [0.29, 0.717) is 30.4 Å². The van der Waals surface area contributed by atoms with Crippen molar-refractivity contribution in [3.63, 3.8) is 0 Å². The molecule has 0 unspecified atom stereocenters. The zero-order valence-corrected chi connectivity index (χ0v) is 16.0. The number of anilines is 1. The monoisotopic (exact) mass is 377 g/mol. The lowest BCUT2D eigenvalue weighted by Crippen LogP contribution is -2.09. The molecule has 6 nitrogen and oxygen atoms in total. The molecule has 0 aliphatic rings. The fourth-order valence-electron chi connectivity index (χ4n) is 2.64. The molecule has 0 atom stereocenters. The molecular weight excluding hydrogens is 354 g/mol. The quantitative estimate of drug-likeness (QED) is 0.594. The van der Waals surface area contributed by atoms with Gasteiger partial charge < -0.3 is 14.8 Å². The SMILES string of the molecule is CCOc1ccc(OCC)c(NC(=O)/C=C/c2cnn(-c3ccccc3)c2)c1. The molecule has 28 heavy (non-hydrogen) atoms. The Morgan fingerprint density at radius 3 is 2.64 bits per heavy atom. The van der Waals surface area contributed by atoms with Gasteiger partial charge in [0.2, 0.25) is 5.91 Å². The number of rotatable bonds is 8. The fourth-order valence-corrected chi connectivity index (χ4v) is 2.64. The summed E-state index contributed by atoms with van der Waals surface area (Å²) in [4.78, 5) is 12.4. The highest BCUT2D eigenvalue weighted by Crippen LogP contribution is 2.29. The summed E-state index contributed by atoms with van der Waals surface area (Å²) < 4.78 is 12.8. The van der Waals surface area contributed by atoms with Gasteiger partial charge in [0.25, 0.3) is 0 Å². The minimum atomic E-state index is -0.262. The van der Waals surface area contributed by atoms with Crippen molar-refractivity contribution < 1.29 is 14.3 Å². The molecule has 6 heteroatoms. The van der Waals surface area contributed by atoms with Crippen LogP contribution in [-0.4, -0.2) is 28.9 Å². The highest BCUT2D eigenvalue weighted by Gasteiger charge is 2.08. The Morgan fingerprint density at radius 2 is 1.89 bits per heavy atom. The van der Waals surface area contributed by atoms with Crippen LogP contribution in [0.15, 0.2) is 67.0 Å². The standard InChI is InChI=1S/C22H23N3O3/c1-3-27-19-11-12-21(28-4-2)20(14-19)24-22(26)13-10-17-15-23-25(16-17)18-8-6-5-7-9-18/h5-16H,3-4H2,1-2H3,(H,24,26)/b13-10+. The topological polar surface area (TPSA) is 65.4 Å². The summed E-state index contributed by atoms with van der Waals surface area (Å²) in [5.41, 5.74) is 2.36. The van der Waals surface area contributed by atoms with E-state index in [-0.39, 0.29) is 5.91 Å². The summed E-state index contributed by atoms with van der Waals surface area (Å²) in [5.74, 6) is 1.01. The molecule has 1 aromatic heterocycles. The van der Waals surface area contributed by atoms with Crippen molar-refractivity contribution in [3.8, 4) is 17.2 Å². The Morgan fingerprint density at radius 1 is 1.11 bits per heavy atom. The maximum Gasteiger partial charge on any atom is 0.248 e. The van der Waals surface area contributed by atoms with Crippen LogP contribution >= 0.6 is 0 Å². The van der Waals surface area contributed by atoms with E-state index in [1.807, 2.05) is 56.4 Å². The van der Waals surface area contributed by atoms with Crippen molar-refractivity contribution >= 4 is 17.7 Å². The van der Waals surface area contributed by atoms with E-state index in [0.717, 1.165) is 11.3 Å². The molecule has 0 radical (unpaired) electrons. The maximum absolute atomic E-state index is 12.4. The number of carbonyl (C=O) groups excluding carboxylic acids is 1. The van der Waals surface area contributed by atoms with Gasteiger partial charge >= 0.3 is 0 Å². The van der Waals surface area contributed by atoms with Crippen LogP contribution in [0.1, 0.15) is 19.4 Å². The molecule has 3 rings (SSSR count). The number of hydrogen-bond donors (Lipinski definition) is 1. The van der Waals surface area contributed by atoms with E-state index in [2.05, 4.69) is 10.4 Å². The Bertz CT molecular complexity index is 949. The molecule has 0 bridgehead atoms. The number of ether oxygens (including phenoxy) is 2. The third kappa shape index (κ3) is 5.01. The predicted molar refractivity (Wildman–Crippen MR) is 110 cm³/mol. The molecule has 1 N–H and O–H groups in total. The number of nitrogens with zero attached hydrogens (tertiary/aromatic N) is 2. The first-order valence-corrected chi connectivity index (χ1v) is 9.18. The summed E-state index contributed by atoms with van der Waals surface area (Å²) in [6, 6.07) is 15.2. The van der Waals surface area contributed by atoms with Gasteiger partial charge in [0.1, 0.15) is 11.5 Å². The van der Waals surface area contributed by atoms with Gasteiger partial charge in [-0.05, 0) is 44.2 Å². The van der Waals surface area contributed by atoms with E-state index >= 15 is 0 Å². The lowest BCUT2D eigenvalue weighted by Gasteiger charge is -2.12. The van der Waals surface area contributed by atoms with Crippen molar-refractivity contribution in [2.24, 2.45) is 0 Å². The minimum Gasteiger partial charge on any atom is -0.494 e. The minimum absolute atomic E-state index is 0.262. The van der Waals surface area contributed by atoms with Crippen molar-refractivity contribution in [3.05, 3.63) is 72.6 Å². The molecule has 0 spiro atoms. The first kappa shape index (κ1) is 19.2. The highest BCUT2D eigenvalue weighted by molar-refractivity contribution is 6.02. The maximum atomic E-state index is 12.4. The van der Waals surface area contributed by atoms with Crippen LogP contribution in [0.25, 0.3) is 11.8 Å². The molecule has 2 aromatic carbocycles. The number of para-hydroxylation sites is 1. The second-order valence-electron chi connectivity index (χ2n) is 5.90. The lowest BCUT2D eigenvalue weighted by atomic mass is 10.2. The number of amides is 1. The van der Waals surface area contributed by atoms with Gasteiger partial charge in [0.05, 0.1) is 30.8 Å². The highest BCUT2D eigenvalue weighted by atomic mass is 16.5. The molecule has 0 aliphatic heterocycles. The van der Waals surface area contributed by atoms with Crippen LogP contribution in [0.3, 0.4) is 0 Å². The number of hydrogen-bond acceptors (Lipinski definition) is 4. The van der Waals surface area contributed by atoms with Crippen LogP contribution in [0.2, 0.25) is 0 Å². The summed E-state index contributed by atoms with van der Waals surface area (Å²) in [7, 11) is 0. The van der Waals surface area contributed by atoms with Crippen molar-refractivity contribution in [2.75, 3.05) is 18.5 Å². The average Bonchev–Trinajstić information content (AvgIpc) is 3.19. The molecule has 0 fully saturated rings. The second-order valence-corrected chi connectivity index (χ2v) is 5.90. The van der Waals surface area contributed by atoms with Gasteiger partial charge in [-0.15, -0.1) is 0 Å². The van der Waals surface area contributed by atoms with Crippen LogP contribution in [-0.2, 0) is 4.79 Å². The Hall–Kier alpha value is -3.54. The van der Waals surface area contributed by atoms with Gasteiger partial charge in [-0.1, -0.05) is 18.2 Å². The van der Waals surface area contributed by atoms with Crippen molar-refractivity contribution in [1.82, 2.24) is 9.78 Å². The first-order valence-electron chi connectivity index (χ1n) is 9.18. The van der Waals surface area contributed by atoms with Gasteiger partial charge in [0.15, 0.2) is 0 Å². The lowest BCUT2D eigenvalue weighted by molar-refractivity contribution is -0.111. The zero-order chi connectivity index (χ0) is 19.8. The molecule has 3 aromatic rings. The molecule has 0 aliphatic carbocycles. The van der Waals surface area contributed by atoms with Crippen LogP contribution in [0.5, 0.6) is 11.5 Å². The summed E-state index contributed by atoms with van der Waals surface area (Å²) in [6.07, 6.45) is 6.75. The average molecular weight is 377 g/mol. The van der Waals surface area contributed by atoms with Crippen LogP contribution in [0, 0.1) is 0 Å². The fraction of sp³-hybridized carbons (Fsp3) is 0.182. The summed E-state index contributed by atoms with van der Waals surface area (Å²) in [5, 5.41) is 7.16. The first-order chi connectivity index (χ1) is 13.7. The van der Waals surface area contributed by atoms with E-state index in [4.69, 9.17) is 9.47 Å². The molecule has 144 valence electrons. The summed E-state index contributed by atoms with van der Waals surface area (Å²) >= 11 is 0. The molecule has 1 amide bonds. The van der Waals surface area contributed by atoms with Gasteiger partial charge in [0, 0.05) is 23.9 Å². The molecular formula is C22H23N3O3. The van der Waals surface area contributed by atoms with Crippen LogP contribution < -0.4 is 14.8 Å². The van der Waals surface area contributed by atoms with Gasteiger partial charge in [-0.3, -0.25) is 4.79 Å². The van der Waals surface area contributed by atoms with Crippen molar-refractivity contribution in [1.29, 1.82) is 0 Å². The Labute approximate surface area is 164 Å². The smallest absolute Gasteiger partial charge is 0.248 e. The number of benzene rings is 2. The number of nitrogens with one attached hydrogen (secondary N) is 1. The second kappa shape index (κ2) is 9.41. The third-order valence-corrected chi connectivity index (χ3v) is 3.87.